The monoisotopic (exact) mass is 537 g/mol. The zero-order valence-corrected chi connectivity index (χ0v) is 22.4. The molecule has 0 spiro atoms. The number of fused-ring (bicyclic) bond motifs is 1. The van der Waals surface area contributed by atoms with Crippen molar-refractivity contribution < 1.29 is 9.59 Å². The van der Waals surface area contributed by atoms with Gasteiger partial charge >= 0.3 is 0 Å². The number of pyridine rings is 1. The van der Waals surface area contributed by atoms with Gasteiger partial charge in [0, 0.05) is 53.0 Å². The number of halogens is 1. The molecule has 5 rings (SSSR count). The second-order valence-corrected chi connectivity index (χ2v) is 9.86. The van der Waals surface area contributed by atoms with Crippen LogP contribution < -0.4 is 15.5 Å². The number of amides is 2. The van der Waals surface area contributed by atoms with E-state index >= 15 is 0 Å². The Labute approximate surface area is 232 Å². The molecule has 39 heavy (non-hydrogen) atoms. The molecule has 0 radical (unpaired) electrons. The van der Waals surface area contributed by atoms with Crippen LogP contribution in [0.1, 0.15) is 21.5 Å². The number of carbonyl (C=O) groups excluding carboxylic acids is 2. The number of likely N-dealkylation sites (N-methyl/N-ethyl adjacent to an activating group) is 1. The fourth-order valence-electron chi connectivity index (χ4n) is 4.44. The fourth-order valence-corrected chi connectivity index (χ4v) is 4.62. The number of carbonyl (C=O) groups is 2. The molecule has 2 amide bonds. The van der Waals surface area contributed by atoms with Gasteiger partial charge < -0.3 is 20.4 Å². The summed E-state index contributed by atoms with van der Waals surface area (Å²) in [5.74, 6) is -0.294. The second-order valence-electron chi connectivity index (χ2n) is 9.43. The van der Waals surface area contributed by atoms with Crippen LogP contribution in [0.15, 0.2) is 97.3 Å². The summed E-state index contributed by atoms with van der Waals surface area (Å²) < 4.78 is 0. The summed E-state index contributed by atoms with van der Waals surface area (Å²) in [5.41, 5.74) is 5.69. The first-order valence-corrected chi connectivity index (χ1v) is 12.9. The molecule has 2 N–H and O–H groups in total. The molecule has 0 fully saturated rings. The van der Waals surface area contributed by atoms with Gasteiger partial charge in [0.25, 0.3) is 11.8 Å². The third kappa shape index (κ3) is 5.85. The highest BCUT2D eigenvalue weighted by molar-refractivity contribution is 6.38. The molecule has 0 unspecified atom stereocenters. The molecule has 3 aromatic carbocycles. The highest BCUT2D eigenvalue weighted by atomic mass is 35.5. The van der Waals surface area contributed by atoms with Crippen molar-refractivity contribution in [2.75, 3.05) is 42.7 Å². The van der Waals surface area contributed by atoms with E-state index in [1.54, 1.807) is 41.6 Å². The quantitative estimate of drug-likeness (QED) is 0.275. The number of anilines is 3. The molecule has 1 aromatic heterocycles. The average Bonchev–Trinajstić information content (AvgIpc) is 3.27. The predicted octanol–water partition coefficient (Wildman–Crippen LogP) is 5.88. The third-order valence-electron chi connectivity index (χ3n) is 6.43. The lowest BCUT2D eigenvalue weighted by Gasteiger charge is -2.25. The van der Waals surface area contributed by atoms with Crippen molar-refractivity contribution in [3.63, 3.8) is 0 Å². The molecule has 1 aliphatic heterocycles. The minimum Gasteiger partial charge on any atom is -0.354 e. The highest BCUT2D eigenvalue weighted by Crippen LogP contribution is 2.38. The molecule has 2 heterocycles. The van der Waals surface area contributed by atoms with Gasteiger partial charge in [0.05, 0.1) is 17.0 Å². The van der Waals surface area contributed by atoms with Gasteiger partial charge in [0.1, 0.15) is 0 Å². The molecule has 196 valence electrons. The summed E-state index contributed by atoms with van der Waals surface area (Å²) in [6.07, 6.45) is 3.24. The van der Waals surface area contributed by atoms with Gasteiger partial charge in [0.15, 0.2) is 0 Å². The average molecular weight is 538 g/mol. The van der Waals surface area contributed by atoms with Crippen LogP contribution in [-0.2, 0) is 4.79 Å². The number of hydrogen-bond donors (Lipinski definition) is 2. The van der Waals surface area contributed by atoms with Crippen LogP contribution in [-0.4, -0.2) is 48.9 Å². The van der Waals surface area contributed by atoms with Gasteiger partial charge in [-0.3, -0.25) is 14.6 Å². The summed E-state index contributed by atoms with van der Waals surface area (Å²) in [7, 11) is 3.96. The molecular weight excluding hydrogens is 510 g/mol. The van der Waals surface area contributed by atoms with Crippen LogP contribution in [0.2, 0.25) is 5.02 Å². The van der Waals surface area contributed by atoms with Gasteiger partial charge in [-0.05, 0) is 68.2 Å². The van der Waals surface area contributed by atoms with E-state index in [2.05, 4.69) is 15.6 Å². The first kappa shape index (κ1) is 26.2. The Balaban J connectivity index is 1.49. The second kappa shape index (κ2) is 11.5. The van der Waals surface area contributed by atoms with Gasteiger partial charge in [-0.25, -0.2) is 0 Å². The van der Waals surface area contributed by atoms with E-state index in [9.17, 15) is 9.59 Å². The molecule has 1 aliphatic rings. The SMILES string of the molecule is CN(C)CCN(C(=O)c1ccncc1)c1ccc(N/C(=C2\C(=O)Nc3cc(Cl)ccc32)c2ccccc2)cc1. The molecule has 0 bridgehead atoms. The van der Waals surface area contributed by atoms with Crippen LogP contribution in [0.3, 0.4) is 0 Å². The van der Waals surface area contributed by atoms with E-state index in [1.807, 2.05) is 79.7 Å². The van der Waals surface area contributed by atoms with Gasteiger partial charge in [-0.1, -0.05) is 48.0 Å². The summed E-state index contributed by atoms with van der Waals surface area (Å²) in [5, 5.41) is 6.95. The standard InChI is InChI=1S/C31H28ClN5O2/c1-36(2)18-19-37(31(39)22-14-16-33-17-15-22)25-11-9-24(10-12-25)34-29(21-6-4-3-5-7-21)28-26-13-8-23(32)20-27(26)35-30(28)38/h3-17,20,34H,18-19H2,1-2H3,(H,35,38)/b29-28-. The lowest BCUT2D eigenvalue weighted by molar-refractivity contribution is -0.110. The zero-order chi connectivity index (χ0) is 27.4. The number of aromatic nitrogens is 1. The van der Waals surface area contributed by atoms with Gasteiger partial charge in [-0.2, -0.15) is 0 Å². The van der Waals surface area contributed by atoms with Gasteiger partial charge in [-0.15, -0.1) is 0 Å². The predicted molar refractivity (Wildman–Crippen MR) is 158 cm³/mol. The lowest BCUT2D eigenvalue weighted by atomic mass is 10.00. The summed E-state index contributed by atoms with van der Waals surface area (Å²) in [4.78, 5) is 34.3. The first-order valence-electron chi connectivity index (χ1n) is 12.6. The maximum absolute atomic E-state index is 13.4. The Morgan fingerprint density at radius 2 is 1.62 bits per heavy atom. The minimum absolute atomic E-state index is 0.0926. The van der Waals surface area contributed by atoms with Crippen LogP contribution in [0.25, 0.3) is 11.3 Å². The molecule has 8 heteroatoms. The normalized spacial score (nSPS) is 13.6. The number of hydrogen-bond acceptors (Lipinski definition) is 5. The van der Waals surface area contributed by atoms with E-state index in [1.165, 1.54) is 0 Å². The zero-order valence-electron chi connectivity index (χ0n) is 21.7. The maximum atomic E-state index is 13.4. The van der Waals surface area contributed by atoms with Crippen LogP contribution in [0.4, 0.5) is 17.1 Å². The molecule has 7 nitrogen and oxygen atoms in total. The van der Waals surface area contributed by atoms with E-state index in [-0.39, 0.29) is 11.8 Å². The Morgan fingerprint density at radius 1 is 0.897 bits per heavy atom. The van der Waals surface area contributed by atoms with Crippen LogP contribution in [0, 0.1) is 0 Å². The van der Waals surface area contributed by atoms with E-state index in [0.29, 0.717) is 40.6 Å². The van der Waals surface area contributed by atoms with E-state index < -0.39 is 0 Å². The minimum atomic E-state index is -0.201. The smallest absolute Gasteiger partial charge is 0.258 e. The Bertz CT molecular complexity index is 1520. The van der Waals surface area contributed by atoms with E-state index in [0.717, 1.165) is 22.5 Å². The number of nitrogens with one attached hydrogen (secondary N) is 2. The summed E-state index contributed by atoms with van der Waals surface area (Å²) in [6, 6.07) is 26.2. The molecule has 0 atom stereocenters. The highest BCUT2D eigenvalue weighted by Gasteiger charge is 2.28. The Morgan fingerprint density at radius 3 is 2.31 bits per heavy atom. The first-order chi connectivity index (χ1) is 18.9. The Kier molecular flexibility index (Phi) is 7.72. The largest absolute Gasteiger partial charge is 0.354 e. The maximum Gasteiger partial charge on any atom is 0.258 e. The van der Waals surface area contributed by atoms with Crippen molar-refractivity contribution in [1.82, 2.24) is 9.88 Å². The fraction of sp³-hybridized carbons (Fsp3) is 0.129. The summed E-state index contributed by atoms with van der Waals surface area (Å²) in [6.45, 7) is 1.24. The van der Waals surface area contributed by atoms with Crippen molar-refractivity contribution in [2.24, 2.45) is 0 Å². The number of rotatable bonds is 8. The van der Waals surface area contributed by atoms with Crippen molar-refractivity contribution in [3.05, 3.63) is 119 Å². The van der Waals surface area contributed by atoms with Crippen molar-refractivity contribution in [3.8, 4) is 0 Å². The van der Waals surface area contributed by atoms with Crippen LogP contribution >= 0.6 is 11.6 Å². The molecule has 4 aromatic rings. The van der Waals surface area contributed by atoms with Crippen molar-refractivity contribution >= 4 is 51.7 Å². The number of nitrogens with zero attached hydrogens (tertiary/aromatic N) is 3. The summed E-state index contributed by atoms with van der Waals surface area (Å²) >= 11 is 6.17. The van der Waals surface area contributed by atoms with Gasteiger partial charge in [0.2, 0.25) is 0 Å². The molecule has 0 saturated heterocycles. The molecule has 0 aliphatic carbocycles. The third-order valence-corrected chi connectivity index (χ3v) is 6.67. The topological polar surface area (TPSA) is 77.6 Å². The molecular formula is C31H28ClN5O2. The van der Waals surface area contributed by atoms with Crippen molar-refractivity contribution in [1.29, 1.82) is 0 Å². The number of benzene rings is 3. The van der Waals surface area contributed by atoms with Crippen molar-refractivity contribution in [2.45, 2.75) is 0 Å². The van der Waals surface area contributed by atoms with E-state index in [4.69, 9.17) is 11.6 Å². The lowest BCUT2D eigenvalue weighted by Crippen LogP contribution is -2.36. The Hall–Kier alpha value is -4.46. The molecule has 0 saturated carbocycles. The van der Waals surface area contributed by atoms with Crippen LogP contribution in [0.5, 0.6) is 0 Å².